The van der Waals surface area contributed by atoms with Crippen LogP contribution in [0.5, 0.6) is 0 Å². The van der Waals surface area contributed by atoms with E-state index in [1.54, 1.807) is 15.7 Å². The molecule has 1 aromatic carbocycles. The van der Waals surface area contributed by atoms with E-state index in [1.807, 2.05) is 0 Å². The zero-order chi connectivity index (χ0) is 16.2. The van der Waals surface area contributed by atoms with E-state index in [0.29, 0.717) is 5.56 Å². The number of imide groups is 1. The number of nitrogen functional groups attached to an aromatic ring is 1. The van der Waals surface area contributed by atoms with Gasteiger partial charge in [0, 0.05) is 23.0 Å². The molecular formula is C13H14B2FN3O3. The summed E-state index contributed by atoms with van der Waals surface area (Å²) in [5, 5.41) is 1.39. The van der Waals surface area contributed by atoms with Crippen LogP contribution in [0.3, 0.4) is 0 Å². The van der Waals surface area contributed by atoms with E-state index in [-0.39, 0.29) is 30.0 Å². The summed E-state index contributed by atoms with van der Waals surface area (Å²) in [7, 11) is 3.52. The number of nitrogens with zero attached hydrogens (tertiary/aromatic N) is 1. The average molecular weight is 301 g/mol. The fourth-order valence-electron chi connectivity index (χ4n) is 3.44. The molecule has 1 fully saturated rings. The van der Waals surface area contributed by atoms with Crippen molar-refractivity contribution in [3.05, 3.63) is 29.1 Å². The largest absolute Gasteiger partial charge is 0.398 e. The van der Waals surface area contributed by atoms with Gasteiger partial charge in [0.25, 0.3) is 5.91 Å². The highest BCUT2D eigenvalue weighted by atomic mass is 19.1. The summed E-state index contributed by atoms with van der Waals surface area (Å²) in [6.45, 7) is 0. The Balaban J connectivity index is 2.08. The molecule has 0 aromatic heterocycles. The van der Waals surface area contributed by atoms with Gasteiger partial charge in [-0.2, -0.15) is 0 Å². The molecule has 22 heavy (non-hydrogen) atoms. The minimum atomic E-state index is -0.855. The lowest BCUT2D eigenvalue weighted by Crippen LogP contribution is -2.59. The Hall–Kier alpha value is -2.31. The predicted octanol–water partition coefficient (Wildman–Crippen LogP) is -1.95. The van der Waals surface area contributed by atoms with Gasteiger partial charge in [0.15, 0.2) is 0 Å². The lowest BCUT2D eigenvalue weighted by atomic mass is 9.57. The highest BCUT2D eigenvalue weighted by Gasteiger charge is 2.50. The number of benzene rings is 1. The van der Waals surface area contributed by atoms with Crippen LogP contribution in [0.2, 0.25) is 0 Å². The molecule has 6 nitrogen and oxygen atoms in total. The molecule has 3 rings (SSSR count). The molecule has 3 N–H and O–H groups in total. The molecule has 1 unspecified atom stereocenters. The van der Waals surface area contributed by atoms with Crippen LogP contribution in [0.15, 0.2) is 12.1 Å². The second-order valence-corrected chi connectivity index (χ2v) is 6.12. The van der Waals surface area contributed by atoms with Gasteiger partial charge in [-0.25, -0.2) is 4.39 Å². The molecule has 1 aromatic rings. The van der Waals surface area contributed by atoms with Crippen LogP contribution < -0.4 is 11.1 Å². The number of fused-ring (bicyclic) bond motifs is 1. The summed E-state index contributed by atoms with van der Waals surface area (Å²) in [6.07, 6.45) is 0.409. The first kappa shape index (κ1) is 14.6. The summed E-state index contributed by atoms with van der Waals surface area (Å²) in [4.78, 5) is 37.5. The van der Waals surface area contributed by atoms with Gasteiger partial charge in [-0.05, 0) is 24.1 Å². The van der Waals surface area contributed by atoms with Gasteiger partial charge < -0.3 is 10.6 Å². The molecule has 0 saturated carbocycles. The Morgan fingerprint density at radius 2 is 2.00 bits per heavy atom. The second-order valence-electron chi connectivity index (χ2n) is 6.12. The van der Waals surface area contributed by atoms with Crippen LogP contribution >= 0.6 is 0 Å². The SMILES string of the molecule is BC1(B)c2c(N)cc(F)cc2C(=O)N1C1CCC(=O)NC1=O. The van der Waals surface area contributed by atoms with Gasteiger partial charge >= 0.3 is 0 Å². The predicted molar refractivity (Wildman–Crippen MR) is 81.9 cm³/mol. The van der Waals surface area contributed by atoms with E-state index in [0.717, 1.165) is 6.07 Å². The smallest absolute Gasteiger partial charge is 0.254 e. The maximum absolute atomic E-state index is 13.6. The first-order valence-electron chi connectivity index (χ1n) is 7.00. The normalized spacial score (nSPS) is 23.4. The third kappa shape index (κ3) is 1.92. The van der Waals surface area contributed by atoms with E-state index in [1.165, 1.54) is 11.0 Å². The van der Waals surface area contributed by atoms with Gasteiger partial charge in [0.2, 0.25) is 11.8 Å². The van der Waals surface area contributed by atoms with Crippen LogP contribution in [-0.4, -0.2) is 44.4 Å². The zero-order valence-electron chi connectivity index (χ0n) is 12.3. The monoisotopic (exact) mass is 301 g/mol. The van der Waals surface area contributed by atoms with Crippen molar-refractivity contribution < 1.29 is 18.8 Å². The number of carbonyl (C=O) groups is 3. The zero-order valence-corrected chi connectivity index (χ0v) is 12.3. The number of rotatable bonds is 1. The number of carbonyl (C=O) groups excluding carboxylic acids is 3. The van der Waals surface area contributed by atoms with Crippen molar-refractivity contribution in [1.29, 1.82) is 0 Å². The van der Waals surface area contributed by atoms with E-state index in [2.05, 4.69) is 5.32 Å². The van der Waals surface area contributed by atoms with Crippen molar-refractivity contribution in [2.75, 3.05) is 5.73 Å². The summed E-state index contributed by atoms with van der Waals surface area (Å²) >= 11 is 0. The maximum Gasteiger partial charge on any atom is 0.254 e. The molecule has 2 aliphatic rings. The van der Waals surface area contributed by atoms with Crippen molar-refractivity contribution >= 4 is 39.1 Å². The number of nitrogens with one attached hydrogen (secondary N) is 1. The van der Waals surface area contributed by atoms with Crippen LogP contribution in [0.25, 0.3) is 0 Å². The van der Waals surface area contributed by atoms with Gasteiger partial charge in [-0.3, -0.25) is 19.7 Å². The molecule has 9 heteroatoms. The number of hydrogen-bond donors (Lipinski definition) is 2. The third-order valence-electron chi connectivity index (χ3n) is 4.32. The van der Waals surface area contributed by atoms with Gasteiger partial charge in [0.05, 0.1) is 0 Å². The van der Waals surface area contributed by atoms with Crippen molar-refractivity contribution in [2.24, 2.45) is 0 Å². The molecule has 0 radical (unpaired) electrons. The number of nitrogens with two attached hydrogens (primary N) is 1. The van der Waals surface area contributed by atoms with Crippen LogP contribution in [0.1, 0.15) is 28.8 Å². The van der Waals surface area contributed by atoms with Crippen molar-refractivity contribution in [3.8, 4) is 0 Å². The van der Waals surface area contributed by atoms with Crippen LogP contribution in [0.4, 0.5) is 10.1 Å². The van der Waals surface area contributed by atoms with E-state index in [4.69, 9.17) is 5.73 Å². The van der Waals surface area contributed by atoms with Crippen molar-refractivity contribution in [2.45, 2.75) is 24.2 Å². The quantitative estimate of drug-likeness (QED) is 0.358. The van der Waals surface area contributed by atoms with Crippen molar-refractivity contribution in [1.82, 2.24) is 10.2 Å². The fraction of sp³-hybridized carbons (Fsp3) is 0.308. The Morgan fingerprint density at radius 1 is 1.32 bits per heavy atom. The van der Waals surface area contributed by atoms with Gasteiger partial charge in [-0.15, -0.1) is 0 Å². The van der Waals surface area contributed by atoms with E-state index in [9.17, 15) is 18.8 Å². The number of amides is 3. The first-order valence-corrected chi connectivity index (χ1v) is 7.00. The molecular weight excluding hydrogens is 287 g/mol. The summed E-state index contributed by atoms with van der Waals surface area (Å²) in [5.74, 6) is -1.90. The third-order valence-corrected chi connectivity index (χ3v) is 4.32. The second kappa shape index (κ2) is 4.59. The number of halogens is 1. The lowest BCUT2D eigenvalue weighted by Gasteiger charge is -2.40. The molecule has 0 bridgehead atoms. The Labute approximate surface area is 128 Å². The molecule has 0 aliphatic carbocycles. The minimum absolute atomic E-state index is 0.163. The van der Waals surface area contributed by atoms with Crippen LogP contribution in [0, 0.1) is 5.82 Å². The summed E-state index contributed by atoms with van der Waals surface area (Å²) in [5.41, 5.74) is 6.76. The molecule has 1 atom stereocenters. The average Bonchev–Trinajstić information content (AvgIpc) is 2.58. The summed E-state index contributed by atoms with van der Waals surface area (Å²) in [6, 6.07) is 1.54. The highest BCUT2D eigenvalue weighted by molar-refractivity contribution is 6.43. The molecule has 1 saturated heterocycles. The van der Waals surface area contributed by atoms with Crippen molar-refractivity contribution in [3.63, 3.8) is 0 Å². The highest BCUT2D eigenvalue weighted by Crippen LogP contribution is 2.41. The molecule has 0 spiro atoms. The minimum Gasteiger partial charge on any atom is -0.398 e. The number of anilines is 1. The standard InChI is InChI=1S/C13H14B2FN3O3/c14-13(15)10-6(3-5(16)4-7(10)17)12(22)19(13)8-1-2-9(20)18-11(8)21/h3-4,8H,1-2,14-15,17H2,(H,18,20,21). The topological polar surface area (TPSA) is 92.5 Å². The summed E-state index contributed by atoms with van der Waals surface area (Å²) < 4.78 is 13.6. The van der Waals surface area contributed by atoms with Gasteiger partial charge in [-0.1, -0.05) is 0 Å². The van der Waals surface area contributed by atoms with E-state index >= 15 is 0 Å². The Bertz CT molecular complexity index is 723. The Kier molecular flexibility index (Phi) is 3.05. The molecule has 2 aliphatic heterocycles. The van der Waals surface area contributed by atoms with Gasteiger partial charge in [0.1, 0.15) is 27.6 Å². The fourth-order valence-corrected chi connectivity index (χ4v) is 3.44. The Morgan fingerprint density at radius 3 is 2.64 bits per heavy atom. The molecule has 2 heterocycles. The first-order chi connectivity index (χ1) is 10.2. The van der Waals surface area contributed by atoms with E-state index < -0.39 is 29.0 Å². The van der Waals surface area contributed by atoms with Crippen LogP contribution in [-0.2, 0) is 14.9 Å². The lowest BCUT2D eigenvalue weighted by molar-refractivity contribution is -0.137. The maximum atomic E-state index is 13.6. The molecule has 3 amide bonds. The number of piperidine rings is 1. The number of hydrogen-bond acceptors (Lipinski definition) is 4. The molecule has 112 valence electrons.